The SMILES string of the molecule is c1ccc2c(c1)-c1cc(-c3c4ccccc4c(-c4cc5ccccc5c5ccccc45)c4ccccc34)ccc1C1CC21. The molecule has 1 fully saturated rings. The quantitative estimate of drug-likeness (QED) is 0.150. The molecule has 0 spiro atoms. The van der Waals surface area contributed by atoms with Crippen molar-refractivity contribution in [2.75, 3.05) is 0 Å². The molecule has 0 N–H and O–H groups in total. The molecule has 0 aliphatic heterocycles. The molecule has 0 saturated heterocycles. The molecule has 1 saturated carbocycles. The molecule has 8 aromatic rings. The predicted molar refractivity (Wildman–Crippen MR) is 183 cm³/mol. The monoisotopic (exact) mass is 544 g/mol. The highest BCUT2D eigenvalue weighted by molar-refractivity contribution is 6.25. The van der Waals surface area contributed by atoms with Crippen molar-refractivity contribution in [3.05, 3.63) is 157 Å². The van der Waals surface area contributed by atoms with Crippen molar-refractivity contribution in [1.29, 1.82) is 0 Å². The lowest BCUT2D eigenvalue weighted by Crippen LogP contribution is -2.00. The highest BCUT2D eigenvalue weighted by Crippen LogP contribution is 2.62. The first kappa shape index (κ1) is 23.4. The van der Waals surface area contributed by atoms with Crippen LogP contribution >= 0.6 is 0 Å². The number of fused-ring (bicyclic) bond motifs is 11. The summed E-state index contributed by atoms with van der Waals surface area (Å²) >= 11 is 0. The van der Waals surface area contributed by atoms with Crippen molar-refractivity contribution in [3.8, 4) is 33.4 Å². The van der Waals surface area contributed by atoms with E-state index in [2.05, 4.69) is 146 Å². The Hall–Kier alpha value is -5.20. The van der Waals surface area contributed by atoms with E-state index >= 15 is 0 Å². The summed E-state index contributed by atoms with van der Waals surface area (Å²) in [4.78, 5) is 0. The zero-order chi connectivity index (χ0) is 28.1. The van der Waals surface area contributed by atoms with Crippen molar-refractivity contribution in [1.82, 2.24) is 0 Å². The largest absolute Gasteiger partial charge is 0.0619 e. The molecule has 2 aliphatic carbocycles. The summed E-state index contributed by atoms with van der Waals surface area (Å²) < 4.78 is 0. The third-order valence-electron chi connectivity index (χ3n) is 10.2. The summed E-state index contributed by atoms with van der Waals surface area (Å²) in [5, 5.41) is 10.4. The van der Waals surface area contributed by atoms with Crippen LogP contribution in [-0.2, 0) is 0 Å². The number of benzene rings is 8. The van der Waals surface area contributed by atoms with Gasteiger partial charge in [0, 0.05) is 0 Å². The molecule has 0 amide bonds. The highest BCUT2D eigenvalue weighted by Gasteiger charge is 2.45. The van der Waals surface area contributed by atoms with Crippen molar-refractivity contribution in [2.45, 2.75) is 18.3 Å². The minimum atomic E-state index is 0.677. The van der Waals surface area contributed by atoms with Gasteiger partial charge in [0.1, 0.15) is 0 Å². The van der Waals surface area contributed by atoms with E-state index in [1.54, 1.807) is 0 Å². The minimum absolute atomic E-state index is 0.677. The number of hydrogen-bond acceptors (Lipinski definition) is 0. The Bertz CT molecular complexity index is 2390. The van der Waals surface area contributed by atoms with E-state index in [1.807, 2.05) is 0 Å². The molecule has 0 radical (unpaired) electrons. The van der Waals surface area contributed by atoms with Crippen LogP contribution in [-0.4, -0.2) is 0 Å². The van der Waals surface area contributed by atoms with Gasteiger partial charge in [-0.2, -0.15) is 0 Å². The third-order valence-corrected chi connectivity index (χ3v) is 10.2. The molecule has 200 valence electrons. The van der Waals surface area contributed by atoms with Gasteiger partial charge in [-0.1, -0.05) is 133 Å². The fourth-order valence-electron chi connectivity index (χ4n) is 8.21. The summed E-state index contributed by atoms with van der Waals surface area (Å²) in [6.45, 7) is 0. The van der Waals surface area contributed by atoms with E-state index in [4.69, 9.17) is 0 Å². The van der Waals surface area contributed by atoms with E-state index in [-0.39, 0.29) is 0 Å². The van der Waals surface area contributed by atoms with Gasteiger partial charge in [-0.05, 0) is 118 Å². The Morgan fingerprint density at radius 1 is 0.349 bits per heavy atom. The van der Waals surface area contributed by atoms with Crippen LogP contribution in [0.25, 0.3) is 76.5 Å². The maximum absolute atomic E-state index is 2.49. The predicted octanol–water partition coefficient (Wildman–Crippen LogP) is 11.9. The average Bonchev–Trinajstić information content (AvgIpc) is 3.89. The summed E-state index contributed by atoms with van der Waals surface area (Å²) in [7, 11) is 0. The van der Waals surface area contributed by atoms with Crippen LogP contribution in [0.5, 0.6) is 0 Å². The van der Waals surface area contributed by atoms with Gasteiger partial charge in [-0.15, -0.1) is 0 Å². The lowest BCUT2D eigenvalue weighted by Gasteiger charge is -2.22. The van der Waals surface area contributed by atoms with Crippen molar-refractivity contribution < 1.29 is 0 Å². The molecule has 0 bridgehead atoms. The van der Waals surface area contributed by atoms with Gasteiger partial charge < -0.3 is 0 Å². The minimum Gasteiger partial charge on any atom is -0.0619 e. The molecule has 0 heterocycles. The maximum atomic E-state index is 2.49. The second-order valence-electron chi connectivity index (χ2n) is 12.4. The lowest BCUT2D eigenvalue weighted by atomic mass is 9.81. The summed E-state index contributed by atoms with van der Waals surface area (Å²) in [6, 6.07) is 54.6. The molecule has 0 heteroatoms. The number of hydrogen-bond donors (Lipinski definition) is 0. The van der Waals surface area contributed by atoms with Gasteiger partial charge >= 0.3 is 0 Å². The maximum Gasteiger partial charge on any atom is -0.00199 e. The molecule has 0 nitrogen and oxygen atoms in total. The molecular weight excluding hydrogens is 516 g/mol. The smallest absolute Gasteiger partial charge is 0.00199 e. The van der Waals surface area contributed by atoms with Gasteiger partial charge in [-0.3, -0.25) is 0 Å². The summed E-state index contributed by atoms with van der Waals surface area (Å²) in [5.74, 6) is 1.38. The van der Waals surface area contributed by atoms with Crippen LogP contribution in [0.2, 0.25) is 0 Å². The molecule has 10 rings (SSSR count). The Kier molecular flexibility index (Phi) is 4.71. The highest BCUT2D eigenvalue weighted by atomic mass is 14.5. The second kappa shape index (κ2) is 8.66. The zero-order valence-corrected chi connectivity index (χ0v) is 23.7. The fourth-order valence-corrected chi connectivity index (χ4v) is 8.21. The van der Waals surface area contributed by atoms with Crippen LogP contribution in [0.15, 0.2) is 146 Å². The molecule has 43 heavy (non-hydrogen) atoms. The van der Waals surface area contributed by atoms with Gasteiger partial charge in [0.05, 0.1) is 0 Å². The van der Waals surface area contributed by atoms with Crippen molar-refractivity contribution >= 4 is 43.1 Å². The lowest BCUT2D eigenvalue weighted by molar-refractivity contribution is 1.01. The van der Waals surface area contributed by atoms with E-state index in [9.17, 15) is 0 Å². The second-order valence-corrected chi connectivity index (χ2v) is 12.4. The first-order valence-corrected chi connectivity index (χ1v) is 15.4. The van der Waals surface area contributed by atoms with E-state index in [1.165, 1.54) is 94.0 Å². The van der Waals surface area contributed by atoms with E-state index in [0.29, 0.717) is 11.8 Å². The Morgan fingerprint density at radius 2 is 0.884 bits per heavy atom. The molecule has 2 unspecified atom stereocenters. The Balaban J connectivity index is 1.31. The third kappa shape index (κ3) is 3.27. The standard InChI is InChI=1S/C43H28/c1-2-12-28-26(11-1)23-41(32-16-6-3-13-29(28)32)43-36-19-9-7-17-34(36)42(35-18-8-10-20-37(35)43)27-21-22-33-38(24-27)30-14-4-5-15-31(30)39-25-40(33)39/h1-24,39-40H,25H2. The first-order valence-electron chi connectivity index (χ1n) is 15.4. The topological polar surface area (TPSA) is 0 Å². The average molecular weight is 545 g/mol. The van der Waals surface area contributed by atoms with Crippen LogP contribution in [0.4, 0.5) is 0 Å². The Labute approximate surface area is 250 Å². The molecule has 8 aromatic carbocycles. The van der Waals surface area contributed by atoms with Gasteiger partial charge in [0.25, 0.3) is 0 Å². The van der Waals surface area contributed by atoms with E-state index < -0.39 is 0 Å². The normalized spacial score (nSPS) is 16.7. The van der Waals surface area contributed by atoms with Crippen molar-refractivity contribution in [3.63, 3.8) is 0 Å². The molecule has 2 aliphatic rings. The van der Waals surface area contributed by atoms with Crippen LogP contribution in [0.1, 0.15) is 29.4 Å². The van der Waals surface area contributed by atoms with Gasteiger partial charge in [0.15, 0.2) is 0 Å². The van der Waals surface area contributed by atoms with Gasteiger partial charge in [-0.25, -0.2) is 0 Å². The molecular formula is C43H28. The zero-order valence-electron chi connectivity index (χ0n) is 23.7. The van der Waals surface area contributed by atoms with Crippen molar-refractivity contribution in [2.24, 2.45) is 0 Å². The molecule has 0 aromatic heterocycles. The van der Waals surface area contributed by atoms with E-state index in [0.717, 1.165) is 0 Å². The molecule has 2 atom stereocenters. The van der Waals surface area contributed by atoms with Gasteiger partial charge in [0.2, 0.25) is 0 Å². The Morgan fingerprint density at radius 3 is 1.60 bits per heavy atom. The summed E-state index contributed by atoms with van der Waals surface area (Å²) in [5.41, 5.74) is 11.2. The first-order chi connectivity index (χ1) is 21.3. The van der Waals surface area contributed by atoms with Crippen LogP contribution in [0.3, 0.4) is 0 Å². The summed E-state index contributed by atoms with van der Waals surface area (Å²) in [6.07, 6.45) is 1.28. The van der Waals surface area contributed by atoms with Crippen LogP contribution < -0.4 is 0 Å². The fraction of sp³-hybridized carbons (Fsp3) is 0.0698. The van der Waals surface area contributed by atoms with Crippen LogP contribution in [0, 0.1) is 0 Å². The number of rotatable bonds is 2.